The first-order chi connectivity index (χ1) is 24.3. The van der Waals surface area contributed by atoms with Crippen molar-refractivity contribution in [3.63, 3.8) is 0 Å². The Morgan fingerprint density at radius 3 is 1.55 bits per heavy atom. The van der Waals surface area contributed by atoms with Crippen molar-refractivity contribution in [2.75, 3.05) is 0 Å². The van der Waals surface area contributed by atoms with Gasteiger partial charge in [0.05, 0.1) is 11.2 Å². The lowest BCUT2D eigenvalue weighted by Crippen LogP contribution is -2.14. The van der Waals surface area contributed by atoms with Crippen LogP contribution in [0.15, 0.2) is 121 Å². The highest BCUT2D eigenvalue weighted by Crippen LogP contribution is 2.49. The molecular formula is C47H44N4. The number of hydrogen-bond donors (Lipinski definition) is 0. The molecule has 0 amide bonds. The summed E-state index contributed by atoms with van der Waals surface area (Å²) in [6.45, 7) is 18.0. The Morgan fingerprint density at radius 1 is 0.431 bits per heavy atom. The van der Waals surface area contributed by atoms with E-state index >= 15 is 0 Å². The van der Waals surface area contributed by atoms with Crippen LogP contribution in [0, 0.1) is 0 Å². The van der Waals surface area contributed by atoms with E-state index in [1.165, 1.54) is 33.4 Å². The quantitative estimate of drug-likeness (QED) is 0.188. The Morgan fingerprint density at radius 2 is 0.941 bits per heavy atom. The van der Waals surface area contributed by atoms with Crippen LogP contribution in [-0.2, 0) is 16.2 Å². The molecule has 4 heteroatoms. The Kier molecular flexibility index (Phi) is 7.57. The van der Waals surface area contributed by atoms with E-state index in [9.17, 15) is 0 Å². The van der Waals surface area contributed by atoms with E-state index in [-0.39, 0.29) is 16.2 Å². The number of rotatable bonds is 4. The highest BCUT2D eigenvalue weighted by molar-refractivity contribution is 5.96. The molecule has 51 heavy (non-hydrogen) atoms. The van der Waals surface area contributed by atoms with Gasteiger partial charge in [-0.15, -0.1) is 0 Å². The Bertz CT molecular complexity index is 2370. The number of benzene rings is 5. The third-order valence-corrected chi connectivity index (χ3v) is 10.5. The van der Waals surface area contributed by atoms with Crippen LogP contribution in [0.1, 0.15) is 77.6 Å². The lowest BCUT2D eigenvalue weighted by molar-refractivity contribution is 0.590. The zero-order valence-corrected chi connectivity index (χ0v) is 30.8. The number of pyridine rings is 1. The lowest BCUT2D eigenvalue weighted by atomic mass is 9.82. The number of para-hydroxylation sites is 1. The molecule has 4 nitrogen and oxygen atoms in total. The summed E-state index contributed by atoms with van der Waals surface area (Å²) < 4.78 is 0. The number of nitrogens with zero attached hydrogens (tertiary/aromatic N) is 4. The van der Waals surface area contributed by atoms with Gasteiger partial charge in [0.1, 0.15) is 0 Å². The fraction of sp³-hybridized carbons (Fsp3) is 0.234. The first-order valence-corrected chi connectivity index (χ1v) is 17.9. The summed E-state index contributed by atoms with van der Waals surface area (Å²) in [4.78, 5) is 20.7. The third-order valence-electron chi connectivity index (χ3n) is 10.5. The SMILES string of the molecule is CC(C)(C)c1ccc(-c2nc(-c3ccc(C(C)(C)C)cc3)nc(-c3cc(-c4ccc5c(c4)C(C)(C)c4ccccc4-5)nc4ccccc34)n2)cc1. The molecule has 0 N–H and O–H groups in total. The minimum Gasteiger partial charge on any atom is -0.248 e. The third kappa shape index (κ3) is 5.83. The summed E-state index contributed by atoms with van der Waals surface area (Å²) in [5.74, 6) is 1.92. The van der Waals surface area contributed by atoms with E-state index in [4.69, 9.17) is 19.9 Å². The van der Waals surface area contributed by atoms with Crippen LogP contribution in [0.5, 0.6) is 0 Å². The molecule has 0 saturated carbocycles. The van der Waals surface area contributed by atoms with E-state index in [1.807, 2.05) is 6.07 Å². The largest absolute Gasteiger partial charge is 0.248 e. The van der Waals surface area contributed by atoms with Gasteiger partial charge in [0.25, 0.3) is 0 Å². The zero-order chi connectivity index (χ0) is 35.7. The lowest BCUT2D eigenvalue weighted by Gasteiger charge is -2.22. The molecule has 0 unspecified atom stereocenters. The maximum atomic E-state index is 5.21. The standard InChI is InChI=1S/C47H44N4/c1-45(2,3)32-22-17-29(18-23-32)42-49-43(30-19-24-33(25-20-30)46(4,5)6)51-44(50-42)37-28-41(48-40-16-12-10-14-36(37)40)31-21-26-35-34-13-9-11-15-38(34)47(7,8)39(35)27-31/h9-28H,1-8H3. The average Bonchev–Trinajstić information content (AvgIpc) is 3.36. The molecule has 0 saturated heterocycles. The van der Waals surface area contributed by atoms with Crippen molar-refractivity contribution in [1.29, 1.82) is 0 Å². The summed E-state index contributed by atoms with van der Waals surface area (Å²) in [7, 11) is 0. The Hall–Kier alpha value is -5.48. The first kappa shape index (κ1) is 32.7. The smallest absolute Gasteiger partial charge is 0.164 e. The van der Waals surface area contributed by atoms with Crippen molar-refractivity contribution < 1.29 is 0 Å². The van der Waals surface area contributed by atoms with Gasteiger partial charge in [0.2, 0.25) is 0 Å². The van der Waals surface area contributed by atoms with Gasteiger partial charge in [-0.2, -0.15) is 0 Å². The molecule has 8 rings (SSSR count). The maximum absolute atomic E-state index is 5.21. The van der Waals surface area contributed by atoms with Gasteiger partial charge in [-0.1, -0.05) is 159 Å². The molecule has 0 radical (unpaired) electrons. The molecule has 1 aliphatic carbocycles. The van der Waals surface area contributed by atoms with Crippen molar-refractivity contribution in [2.24, 2.45) is 0 Å². The second-order valence-electron chi connectivity index (χ2n) is 16.5. The molecule has 7 aromatic rings. The highest BCUT2D eigenvalue weighted by Gasteiger charge is 2.35. The maximum Gasteiger partial charge on any atom is 0.164 e. The van der Waals surface area contributed by atoms with Crippen molar-refractivity contribution in [2.45, 2.75) is 71.6 Å². The summed E-state index contributed by atoms with van der Waals surface area (Å²) in [5, 5.41) is 1.00. The molecular weight excluding hydrogens is 621 g/mol. The molecule has 2 aromatic heterocycles. The van der Waals surface area contributed by atoms with E-state index in [0.717, 1.165) is 38.9 Å². The molecule has 0 spiro atoms. The second-order valence-corrected chi connectivity index (χ2v) is 16.5. The summed E-state index contributed by atoms with van der Waals surface area (Å²) >= 11 is 0. The van der Waals surface area contributed by atoms with E-state index in [2.05, 4.69) is 171 Å². The van der Waals surface area contributed by atoms with Crippen molar-refractivity contribution in [1.82, 2.24) is 19.9 Å². The predicted octanol–water partition coefficient (Wildman–Crippen LogP) is 12.0. The van der Waals surface area contributed by atoms with Crippen LogP contribution in [0.25, 0.3) is 67.5 Å². The van der Waals surface area contributed by atoms with E-state index in [0.29, 0.717) is 17.5 Å². The second kappa shape index (κ2) is 11.8. The number of fused-ring (bicyclic) bond motifs is 4. The van der Waals surface area contributed by atoms with Crippen LogP contribution < -0.4 is 0 Å². The number of hydrogen-bond acceptors (Lipinski definition) is 4. The van der Waals surface area contributed by atoms with Gasteiger partial charge in [-0.05, 0) is 62.4 Å². The van der Waals surface area contributed by atoms with Crippen LogP contribution in [0.4, 0.5) is 0 Å². The molecule has 2 heterocycles. The van der Waals surface area contributed by atoms with Gasteiger partial charge in [0, 0.05) is 33.1 Å². The minimum absolute atomic E-state index is 0.0463. The fourth-order valence-corrected chi connectivity index (χ4v) is 7.37. The minimum atomic E-state index is -0.106. The van der Waals surface area contributed by atoms with Gasteiger partial charge in [-0.3, -0.25) is 0 Å². The van der Waals surface area contributed by atoms with Crippen LogP contribution in [0.2, 0.25) is 0 Å². The molecule has 5 aromatic carbocycles. The monoisotopic (exact) mass is 664 g/mol. The van der Waals surface area contributed by atoms with Crippen molar-refractivity contribution in [3.05, 3.63) is 144 Å². The first-order valence-electron chi connectivity index (χ1n) is 17.9. The van der Waals surface area contributed by atoms with Crippen LogP contribution >= 0.6 is 0 Å². The van der Waals surface area contributed by atoms with Gasteiger partial charge in [-0.25, -0.2) is 19.9 Å². The number of aromatic nitrogens is 4. The van der Waals surface area contributed by atoms with Crippen molar-refractivity contribution >= 4 is 10.9 Å². The molecule has 252 valence electrons. The normalized spacial score (nSPS) is 13.6. The van der Waals surface area contributed by atoms with Gasteiger partial charge in [0.15, 0.2) is 17.5 Å². The zero-order valence-electron chi connectivity index (χ0n) is 30.8. The fourth-order valence-electron chi connectivity index (χ4n) is 7.37. The molecule has 0 fully saturated rings. The van der Waals surface area contributed by atoms with Crippen LogP contribution in [-0.4, -0.2) is 19.9 Å². The summed E-state index contributed by atoms with van der Waals surface area (Å²) in [6.07, 6.45) is 0. The Labute approximate surface area is 301 Å². The summed E-state index contributed by atoms with van der Waals surface area (Å²) in [6, 6.07) is 43.3. The van der Waals surface area contributed by atoms with Crippen LogP contribution in [0.3, 0.4) is 0 Å². The molecule has 1 aliphatic rings. The van der Waals surface area contributed by atoms with Gasteiger partial charge >= 0.3 is 0 Å². The topological polar surface area (TPSA) is 51.6 Å². The van der Waals surface area contributed by atoms with E-state index < -0.39 is 0 Å². The average molecular weight is 665 g/mol. The Balaban J connectivity index is 1.31. The summed E-state index contributed by atoms with van der Waals surface area (Å²) in [5.41, 5.74) is 13.5. The van der Waals surface area contributed by atoms with E-state index in [1.54, 1.807) is 0 Å². The van der Waals surface area contributed by atoms with Crippen molar-refractivity contribution in [3.8, 4) is 56.5 Å². The molecule has 0 bridgehead atoms. The molecule has 0 atom stereocenters. The highest BCUT2D eigenvalue weighted by atomic mass is 15.0. The molecule has 0 aliphatic heterocycles. The van der Waals surface area contributed by atoms with Gasteiger partial charge < -0.3 is 0 Å². The predicted molar refractivity (Wildman–Crippen MR) is 212 cm³/mol.